The van der Waals surface area contributed by atoms with Gasteiger partial charge in [-0.25, -0.2) is 4.79 Å². The average Bonchev–Trinajstić information content (AvgIpc) is 2.78. The minimum atomic E-state index is -4.43. The Hall–Kier alpha value is -3.81. The van der Waals surface area contributed by atoms with Crippen molar-refractivity contribution in [2.24, 2.45) is 0 Å². The van der Waals surface area contributed by atoms with E-state index in [0.717, 1.165) is 12.1 Å². The summed E-state index contributed by atoms with van der Waals surface area (Å²) in [6, 6.07) is 17.7. The predicted molar refractivity (Wildman–Crippen MR) is 127 cm³/mol. The molecule has 0 heterocycles. The molecule has 3 aromatic carbocycles. The van der Waals surface area contributed by atoms with Crippen molar-refractivity contribution in [3.8, 4) is 5.75 Å². The Morgan fingerprint density at radius 2 is 1.40 bits per heavy atom. The van der Waals surface area contributed by atoms with Crippen molar-refractivity contribution in [2.75, 3.05) is 5.32 Å². The number of ether oxygens (including phenoxy) is 2. The quantitative estimate of drug-likeness (QED) is 0.281. The summed E-state index contributed by atoms with van der Waals surface area (Å²) in [7, 11) is 0. The summed E-state index contributed by atoms with van der Waals surface area (Å²) in [5.41, 5.74) is -0.289. The van der Waals surface area contributed by atoms with Gasteiger partial charge in [0, 0.05) is 22.5 Å². The third-order valence-corrected chi connectivity index (χ3v) is 4.95. The number of hydrogen-bond donors (Lipinski definition) is 1. The number of carbonyl (C=O) groups excluding carboxylic acids is 2. The number of esters is 1. The highest BCUT2D eigenvalue weighted by Crippen LogP contribution is 2.31. The Kier molecular flexibility index (Phi) is 7.53. The molecule has 0 spiro atoms. The second-order valence-electron chi connectivity index (χ2n) is 8.70. The first-order chi connectivity index (χ1) is 16.3. The maximum atomic E-state index is 12.9. The molecule has 0 aliphatic rings. The molecule has 0 aliphatic heterocycles. The molecule has 0 atom stereocenters. The van der Waals surface area contributed by atoms with Crippen molar-refractivity contribution in [2.45, 2.75) is 45.6 Å². The van der Waals surface area contributed by atoms with E-state index in [1.807, 2.05) is 0 Å². The summed E-state index contributed by atoms with van der Waals surface area (Å²) >= 11 is 0. The zero-order valence-electron chi connectivity index (χ0n) is 19.8. The largest absolute Gasteiger partial charge is 0.476 e. The number of benzene rings is 3. The van der Waals surface area contributed by atoms with Crippen LogP contribution in [0.25, 0.3) is 0 Å². The zero-order chi connectivity index (χ0) is 25.8. The molecule has 3 aromatic rings. The molecule has 0 fully saturated rings. The van der Waals surface area contributed by atoms with Crippen molar-refractivity contribution in [1.29, 1.82) is 0 Å². The first-order valence-corrected chi connectivity index (χ1v) is 10.9. The minimum absolute atomic E-state index is 0.236. The van der Waals surface area contributed by atoms with Crippen molar-refractivity contribution in [3.63, 3.8) is 0 Å². The maximum absolute atomic E-state index is 12.9. The molecule has 184 valence electrons. The number of rotatable bonds is 8. The Bertz CT molecular complexity index is 1180. The lowest BCUT2D eigenvalue weighted by atomic mass is 10.0. The molecule has 0 aromatic heterocycles. The lowest BCUT2D eigenvalue weighted by Gasteiger charge is -2.25. The van der Waals surface area contributed by atoms with E-state index in [9.17, 15) is 22.8 Å². The van der Waals surface area contributed by atoms with Gasteiger partial charge in [0.25, 0.3) is 0 Å². The second kappa shape index (κ2) is 10.2. The summed E-state index contributed by atoms with van der Waals surface area (Å²) in [6.07, 6.45) is -4.70. The van der Waals surface area contributed by atoms with Gasteiger partial charge in [-0.1, -0.05) is 6.07 Å². The number of hydrogen-bond acceptors (Lipinski definition) is 5. The summed E-state index contributed by atoms with van der Waals surface area (Å²) in [5, 5.41) is 2.91. The van der Waals surface area contributed by atoms with Crippen molar-refractivity contribution in [3.05, 3.63) is 89.5 Å². The molecule has 0 amide bonds. The Morgan fingerprint density at radius 1 is 0.829 bits per heavy atom. The molecular weight excluding hydrogens is 459 g/mol. The number of anilines is 2. The minimum Gasteiger partial charge on any atom is -0.476 e. The number of alkyl halides is 3. The van der Waals surface area contributed by atoms with Gasteiger partial charge in [0.15, 0.2) is 11.4 Å². The fraction of sp³-hybridized carbons (Fsp3) is 0.259. The summed E-state index contributed by atoms with van der Waals surface area (Å²) in [6.45, 7) is 6.71. The zero-order valence-corrected chi connectivity index (χ0v) is 19.8. The van der Waals surface area contributed by atoms with E-state index >= 15 is 0 Å². The van der Waals surface area contributed by atoms with Gasteiger partial charge in [-0.3, -0.25) is 4.79 Å². The van der Waals surface area contributed by atoms with Crippen molar-refractivity contribution >= 4 is 23.1 Å². The molecule has 0 saturated carbocycles. The number of halogens is 3. The monoisotopic (exact) mass is 485 g/mol. The number of carbonyl (C=O) groups is 2. The fourth-order valence-electron chi connectivity index (χ4n) is 3.18. The fourth-order valence-corrected chi connectivity index (χ4v) is 3.18. The molecule has 35 heavy (non-hydrogen) atoms. The Labute approximate surface area is 201 Å². The molecule has 1 N–H and O–H groups in total. The van der Waals surface area contributed by atoms with Gasteiger partial charge in [0.05, 0.1) is 11.7 Å². The maximum Gasteiger partial charge on any atom is 0.416 e. The van der Waals surface area contributed by atoms with Gasteiger partial charge in [-0.05, 0) is 94.4 Å². The van der Waals surface area contributed by atoms with Crippen LogP contribution in [0.4, 0.5) is 24.5 Å². The van der Waals surface area contributed by atoms with E-state index in [1.165, 1.54) is 12.1 Å². The van der Waals surface area contributed by atoms with Gasteiger partial charge >= 0.3 is 12.1 Å². The molecule has 0 saturated heterocycles. The van der Waals surface area contributed by atoms with E-state index in [4.69, 9.17) is 9.47 Å². The van der Waals surface area contributed by atoms with Crippen LogP contribution in [0.1, 0.15) is 49.2 Å². The Morgan fingerprint density at radius 3 is 1.94 bits per heavy atom. The average molecular weight is 486 g/mol. The topological polar surface area (TPSA) is 64.6 Å². The molecule has 8 heteroatoms. The van der Waals surface area contributed by atoms with E-state index in [-0.39, 0.29) is 17.6 Å². The second-order valence-corrected chi connectivity index (χ2v) is 8.70. The van der Waals surface area contributed by atoms with Crippen LogP contribution in [0.5, 0.6) is 5.75 Å². The highest BCUT2D eigenvalue weighted by atomic mass is 19.4. The van der Waals surface area contributed by atoms with Crippen molar-refractivity contribution < 1.29 is 32.2 Å². The predicted octanol–water partition coefficient (Wildman–Crippen LogP) is 6.79. The highest BCUT2D eigenvalue weighted by molar-refractivity contribution is 6.09. The molecule has 5 nitrogen and oxygen atoms in total. The SMILES string of the molecule is CC(C)OC(=O)C(C)(C)Oc1ccc(C(=O)c2ccc(Nc3cccc(C(F)(F)F)c3)cc2)cc1. The third-order valence-electron chi connectivity index (χ3n) is 4.95. The van der Waals surface area contributed by atoms with E-state index in [1.54, 1.807) is 76.2 Å². The smallest absolute Gasteiger partial charge is 0.416 e. The van der Waals surface area contributed by atoms with Crippen LogP contribution in [-0.2, 0) is 15.7 Å². The van der Waals surface area contributed by atoms with E-state index in [2.05, 4.69) is 5.32 Å². The van der Waals surface area contributed by atoms with Gasteiger partial charge < -0.3 is 14.8 Å². The standard InChI is InChI=1S/C27H26F3NO4/c1-17(2)34-25(33)26(3,4)35-23-14-10-19(11-15-23)24(32)18-8-12-21(13-9-18)31-22-7-5-6-20(16-22)27(28,29)30/h5-17,31H,1-4H3. The summed E-state index contributed by atoms with van der Waals surface area (Å²) in [4.78, 5) is 25.0. The van der Waals surface area contributed by atoms with E-state index < -0.39 is 23.3 Å². The van der Waals surface area contributed by atoms with Crippen LogP contribution in [-0.4, -0.2) is 23.5 Å². The lowest BCUT2D eigenvalue weighted by molar-refractivity contribution is -0.163. The number of ketones is 1. The molecule has 0 radical (unpaired) electrons. The molecule has 3 rings (SSSR count). The van der Waals surface area contributed by atoms with Crippen LogP contribution in [0, 0.1) is 0 Å². The molecular formula is C27H26F3NO4. The van der Waals surface area contributed by atoms with Gasteiger partial charge in [-0.2, -0.15) is 13.2 Å². The Balaban J connectivity index is 1.66. The first kappa shape index (κ1) is 25.8. The van der Waals surface area contributed by atoms with Gasteiger partial charge in [0.1, 0.15) is 5.75 Å². The number of nitrogens with one attached hydrogen (secondary N) is 1. The molecule has 0 bridgehead atoms. The third kappa shape index (κ3) is 6.85. The van der Waals surface area contributed by atoms with Crippen LogP contribution in [0.15, 0.2) is 72.8 Å². The van der Waals surface area contributed by atoms with Crippen LogP contribution in [0.3, 0.4) is 0 Å². The van der Waals surface area contributed by atoms with Crippen molar-refractivity contribution in [1.82, 2.24) is 0 Å². The molecule has 0 aliphatic carbocycles. The van der Waals surface area contributed by atoms with Gasteiger partial charge in [-0.15, -0.1) is 0 Å². The highest BCUT2D eigenvalue weighted by Gasteiger charge is 2.32. The summed E-state index contributed by atoms with van der Waals surface area (Å²) in [5.74, 6) is -0.319. The summed E-state index contributed by atoms with van der Waals surface area (Å²) < 4.78 is 49.7. The van der Waals surface area contributed by atoms with Crippen LogP contribution >= 0.6 is 0 Å². The van der Waals surface area contributed by atoms with Crippen LogP contribution < -0.4 is 10.1 Å². The van der Waals surface area contributed by atoms with E-state index in [0.29, 0.717) is 22.6 Å². The van der Waals surface area contributed by atoms with Crippen LogP contribution in [0.2, 0.25) is 0 Å². The molecule has 0 unspecified atom stereocenters. The normalized spacial score (nSPS) is 11.8. The first-order valence-electron chi connectivity index (χ1n) is 10.9. The lowest BCUT2D eigenvalue weighted by Crippen LogP contribution is -2.40. The van der Waals surface area contributed by atoms with Gasteiger partial charge in [0.2, 0.25) is 0 Å².